The number of halogens is 1. The van der Waals surface area contributed by atoms with Gasteiger partial charge in [0, 0.05) is 6.54 Å². The predicted molar refractivity (Wildman–Crippen MR) is 72.1 cm³/mol. The average Bonchev–Trinajstić information content (AvgIpc) is 2.27. The second-order valence-corrected chi connectivity index (χ2v) is 4.38. The molecule has 0 aliphatic heterocycles. The first-order valence-electron chi connectivity index (χ1n) is 6.43. The zero-order chi connectivity index (χ0) is 12.3. The quantitative estimate of drug-likeness (QED) is 0.341. The lowest BCUT2D eigenvalue weighted by atomic mass is 10.1. The summed E-state index contributed by atoms with van der Waals surface area (Å²) in [5.74, 6) is -2.11. The van der Waals surface area contributed by atoms with Crippen molar-refractivity contribution in [3.05, 3.63) is 0 Å². The van der Waals surface area contributed by atoms with Crippen LogP contribution in [0.1, 0.15) is 58.3 Å². The molecule has 4 nitrogen and oxygen atoms in total. The fraction of sp³-hybridized carbons (Fsp3) is 1.00. The van der Waals surface area contributed by atoms with E-state index in [0.29, 0.717) is 6.54 Å². The Morgan fingerprint density at radius 3 is 1.82 bits per heavy atom. The number of hydrogen-bond donors (Lipinski definition) is 4. The molecule has 0 rings (SSSR count). The van der Waals surface area contributed by atoms with Gasteiger partial charge in [0.15, 0.2) is 0 Å². The number of rotatable bonds is 11. The molecule has 4 N–H and O–H groups in total. The van der Waals surface area contributed by atoms with Crippen molar-refractivity contribution >= 4 is 12.4 Å². The molecular weight excluding hydrogens is 242 g/mol. The molecule has 0 fully saturated rings. The molecule has 0 aliphatic rings. The largest absolute Gasteiger partial charge is 0.389 e. The zero-order valence-electron chi connectivity index (χ0n) is 10.8. The minimum absolute atomic E-state index is 0. The summed E-state index contributed by atoms with van der Waals surface area (Å²) in [6.45, 7) is 2.06. The predicted octanol–water partition coefficient (Wildman–Crippen LogP) is 1.77. The van der Waals surface area contributed by atoms with Gasteiger partial charge in [0.05, 0.1) is 0 Å². The molecule has 0 saturated carbocycles. The molecule has 0 aromatic rings. The highest BCUT2D eigenvalue weighted by Crippen LogP contribution is 2.08. The van der Waals surface area contributed by atoms with Crippen LogP contribution in [0, 0.1) is 0 Å². The van der Waals surface area contributed by atoms with Gasteiger partial charge in [-0.05, 0) is 6.42 Å². The molecule has 0 aromatic heterocycles. The number of nitrogens with one attached hydrogen (secondary N) is 1. The van der Waals surface area contributed by atoms with E-state index in [9.17, 15) is 0 Å². The van der Waals surface area contributed by atoms with E-state index in [0.717, 1.165) is 12.8 Å². The van der Waals surface area contributed by atoms with E-state index in [1.54, 1.807) is 0 Å². The minimum atomic E-state index is -2.11. The van der Waals surface area contributed by atoms with Crippen LogP contribution in [0.5, 0.6) is 0 Å². The maximum atomic E-state index is 9.02. The summed E-state index contributed by atoms with van der Waals surface area (Å²) in [6.07, 6.45) is 9.72. The Balaban J connectivity index is 0. The molecule has 17 heavy (non-hydrogen) atoms. The third-order valence-electron chi connectivity index (χ3n) is 2.66. The van der Waals surface area contributed by atoms with Crippen molar-refractivity contribution in [1.82, 2.24) is 5.32 Å². The van der Waals surface area contributed by atoms with Crippen LogP contribution in [0.25, 0.3) is 0 Å². The van der Waals surface area contributed by atoms with Gasteiger partial charge in [-0.1, -0.05) is 51.9 Å². The highest BCUT2D eigenvalue weighted by atomic mass is 35.5. The molecule has 0 saturated heterocycles. The highest BCUT2D eigenvalue weighted by molar-refractivity contribution is 5.85. The molecule has 0 spiro atoms. The smallest absolute Gasteiger partial charge is 0.246 e. The topological polar surface area (TPSA) is 72.7 Å². The Bertz CT molecular complexity index is 157. The van der Waals surface area contributed by atoms with Crippen LogP contribution in [0.2, 0.25) is 0 Å². The van der Waals surface area contributed by atoms with E-state index in [2.05, 4.69) is 12.2 Å². The van der Waals surface area contributed by atoms with Gasteiger partial charge < -0.3 is 15.3 Å². The molecule has 0 amide bonds. The van der Waals surface area contributed by atoms with E-state index in [1.807, 2.05) is 0 Å². The second-order valence-electron chi connectivity index (χ2n) is 4.38. The van der Waals surface area contributed by atoms with Crippen molar-refractivity contribution in [3.8, 4) is 0 Å². The number of hydrogen-bond acceptors (Lipinski definition) is 4. The van der Waals surface area contributed by atoms with Gasteiger partial charge in [0.2, 0.25) is 5.91 Å². The third kappa shape index (κ3) is 14.1. The van der Waals surface area contributed by atoms with E-state index in [4.69, 9.17) is 15.3 Å². The average molecular weight is 270 g/mol. The monoisotopic (exact) mass is 269 g/mol. The standard InChI is InChI=1S/C12H27NO3.ClH/c1-2-3-4-5-6-7-8-9-10-13-12(15,16)11-14;/h13-16H,2-11H2,1H3;1H. The lowest BCUT2D eigenvalue weighted by molar-refractivity contribution is -0.208. The lowest BCUT2D eigenvalue weighted by Crippen LogP contribution is -2.48. The molecule has 0 aromatic carbocycles. The Hall–Kier alpha value is 0.130. The Morgan fingerprint density at radius 1 is 0.882 bits per heavy atom. The Labute approximate surface area is 111 Å². The minimum Gasteiger partial charge on any atom is -0.389 e. The van der Waals surface area contributed by atoms with Crippen molar-refractivity contribution in [1.29, 1.82) is 0 Å². The maximum Gasteiger partial charge on any atom is 0.246 e. The molecule has 0 heterocycles. The number of aliphatic hydroxyl groups excluding tert-OH is 1. The van der Waals surface area contributed by atoms with E-state index in [-0.39, 0.29) is 12.4 Å². The molecule has 5 heteroatoms. The fourth-order valence-corrected chi connectivity index (χ4v) is 1.60. The van der Waals surface area contributed by atoms with Crippen LogP contribution in [0.15, 0.2) is 0 Å². The summed E-state index contributed by atoms with van der Waals surface area (Å²) >= 11 is 0. The summed E-state index contributed by atoms with van der Waals surface area (Å²) in [5, 5.41) is 29.1. The van der Waals surface area contributed by atoms with Crippen molar-refractivity contribution < 1.29 is 15.3 Å². The Morgan fingerprint density at radius 2 is 1.35 bits per heavy atom. The second kappa shape index (κ2) is 12.6. The molecule has 0 atom stereocenters. The van der Waals surface area contributed by atoms with Crippen molar-refractivity contribution in [2.75, 3.05) is 13.2 Å². The maximum absolute atomic E-state index is 9.02. The third-order valence-corrected chi connectivity index (χ3v) is 2.66. The van der Waals surface area contributed by atoms with Crippen LogP contribution in [0.4, 0.5) is 0 Å². The molecule has 0 unspecified atom stereocenters. The van der Waals surface area contributed by atoms with Crippen molar-refractivity contribution in [2.45, 2.75) is 64.2 Å². The van der Waals surface area contributed by atoms with Crippen molar-refractivity contribution in [2.24, 2.45) is 0 Å². The summed E-state index contributed by atoms with van der Waals surface area (Å²) in [4.78, 5) is 0. The molecule has 0 bridgehead atoms. The zero-order valence-corrected chi connectivity index (χ0v) is 11.6. The summed E-state index contributed by atoms with van der Waals surface area (Å²) in [7, 11) is 0. The lowest BCUT2D eigenvalue weighted by Gasteiger charge is -2.19. The summed E-state index contributed by atoms with van der Waals surface area (Å²) in [5.41, 5.74) is 0. The highest BCUT2D eigenvalue weighted by Gasteiger charge is 2.19. The summed E-state index contributed by atoms with van der Waals surface area (Å²) in [6, 6.07) is 0. The van der Waals surface area contributed by atoms with Crippen LogP contribution < -0.4 is 5.32 Å². The van der Waals surface area contributed by atoms with Crippen LogP contribution >= 0.6 is 12.4 Å². The number of aliphatic hydroxyl groups is 3. The first-order chi connectivity index (χ1) is 7.62. The van der Waals surface area contributed by atoms with E-state index < -0.39 is 12.5 Å². The molecule has 0 aliphatic carbocycles. The van der Waals surface area contributed by atoms with Crippen molar-refractivity contribution in [3.63, 3.8) is 0 Å². The molecular formula is C12H28ClNO3. The van der Waals surface area contributed by atoms with Gasteiger partial charge in [-0.25, -0.2) is 0 Å². The van der Waals surface area contributed by atoms with Gasteiger partial charge >= 0.3 is 0 Å². The van der Waals surface area contributed by atoms with Gasteiger partial charge in [0.25, 0.3) is 0 Å². The van der Waals surface area contributed by atoms with Gasteiger partial charge in [-0.15, -0.1) is 12.4 Å². The molecule has 0 radical (unpaired) electrons. The molecule has 106 valence electrons. The van der Waals surface area contributed by atoms with E-state index >= 15 is 0 Å². The Kier molecular flexibility index (Phi) is 14.4. The van der Waals surface area contributed by atoms with Gasteiger partial charge in [-0.2, -0.15) is 0 Å². The first kappa shape index (κ1) is 19.5. The van der Waals surface area contributed by atoms with Gasteiger partial charge in [-0.3, -0.25) is 5.32 Å². The summed E-state index contributed by atoms with van der Waals surface area (Å²) < 4.78 is 0. The SMILES string of the molecule is CCCCCCCCCCNC(O)(O)CO.Cl. The van der Waals surface area contributed by atoms with Crippen LogP contribution in [-0.4, -0.2) is 34.4 Å². The number of unbranched alkanes of at least 4 members (excludes halogenated alkanes) is 7. The van der Waals surface area contributed by atoms with Gasteiger partial charge in [0.1, 0.15) is 6.61 Å². The van der Waals surface area contributed by atoms with Crippen LogP contribution in [-0.2, 0) is 0 Å². The fourth-order valence-electron chi connectivity index (χ4n) is 1.60. The first-order valence-corrected chi connectivity index (χ1v) is 6.43. The normalized spacial score (nSPS) is 11.3. The van der Waals surface area contributed by atoms with E-state index in [1.165, 1.54) is 38.5 Å². The van der Waals surface area contributed by atoms with Crippen LogP contribution in [0.3, 0.4) is 0 Å².